The van der Waals surface area contributed by atoms with Gasteiger partial charge < -0.3 is 15.5 Å². The second-order valence-electron chi connectivity index (χ2n) is 9.23. The minimum Gasteiger partial charge on any atom is -0.340 e. The number of fused-ring (bicyclic) bond motifs is 2. The fourth-order valence-electron chi connectivity index (χ4n) is 4.18. The molecule has 0 aliphatic rings. The van der Waals surface area contributed by atoms with Crippen molar-refractivity contribution in [3.63, 3.8) is 0 Å². The number of halogens is 1. The number of nitriles is 1. The molecule has 0 aliphatic carbocycles. The highest BCUT2D eigenvalue weighted by Gasteiger charge is 2.13. The average Bonchev–Trinajstić information content (AvgIpc) is 3.30. The number of nitrogens with one attached hydrogen (secondary N) is 2. The van der Waals surface area contributed by atoms with E-state index in [1.54, 1.807) is 30.5 Å². The highest BCUT2D eigenvalue weighted by Crippen LogP contribution is 2.29. The molecule has 0 spiro atoms. The van der Waals surface area contributed by atoms with Gasteiger partial charge in [0.2, 0.25) is 5.91 Å². The quantitative estimate of drug-likeness (QED) is 0.282. The third-order valence-electron chi connectivity index (χ3n) is 6.02. The Hall–Kier alpha value is -5.14. The Morgan fingerprint density at radius 2 is 2.03 bits per heavy atom. The van der Waals surface area contributed by atoms with Gasteiger partial charge in [-0.25, -0.2) is 14.4 Å². The molecule has 2 aromatic heterocycles. The molecule has 1 amide bonds. The van der Waals surface area contributed by atoms with E-state index in [1.807, 2.05) is 47.9 Å². The van der Waals surface area contributed by atoms with Crippen LogP contribution in [-0.2, 0) is 11.3 Å². The summed E-state index contributed by atoms with van der Waals surface area (Å²) in [6.07, 6.45) is 6.37. The van der Waals surface area contributed by atoms with Crippen LogP contribution in [0.15, 0.2) is 79.3 Å². The molecule has 0 aliphatic heterocycles. The topological polar surface area (TPSA) is 112 Å². The summed E-state index contributed by atoms with van der Waals surface area (Å²) in [4.78, 5) is 23.0. The van der Waals surface area contributed by atoms with Crippen LogP contribution in [0.3, 0.4) is 0 Å². The third-order valence-corrected chi connectivity index (χ3v) is 6.02. The molecule has 39 heavy (non-hydrogen) atoms. The first-order valence-electron chi connectivity index (χ1n) is 12.2. The summed E-state index contributed by atoms with van der Waals surface area (Å²) in [5.74, 6) is -0.0865. The summed E-state index contributed by atoms with van der Waals surface area (Å²) < 4.78 is 15.4. The van der Waals surface area contributed by atoms with Gasteiger partial charge in [0, 0.05) is 29.1 Å². The fourth-order valence-corrected chi connectivity index (χ4v) is 4.18. The van der Waals surface area contributed by atoms with Gasteiger partial charge in [0.1, 0.15) is 24.0 Å². The molecule has 0 atom stereocenters. The molecule has 5 rings (SSSR count). The molecule has 2 N–H and O–H groups in total. The number of benzene rings is 3. The van der Waals surface area contributed by atoms with Gasteiger partial charge in [0.05, 0.1) is 35.0 Å². The van der Waals surface area contributed by atoms with Crippen LogP contribution in [0.1, 0.15) is 11.1 Å². The lowest BCUT2D eigenvalue weighted by Crippen LogP contribution is -2.13. The van der Waals surface area contributed by atoms with Gasteiger partial charge in [-0.1, -0.05) is 18.2 Å². The van der Waals surface area contributed by atoms with Crippen LogP contribution < -0.4 is 10.6 Å². The number of hydrogen-bond donors (Lipinski definition) is 2. The molecular weight excluding hydrogens is 495 g/mol. The number of likely N-dealkylation sites (N-methyl/N-ethyl adjacent to an activating group) is 1. The first-order valence-corrected chi connectivity index (χ1v) is 12.2. The molecule has 0 unspecified atom stereocenters. The summed E-state index contributed by atoms with van der Waals surface area (Å²) >= 11 is 0. The largest absolute Gasteiger partial charge is 0.340 e. The normalized spacial score (nSPS) is 11.4. The van der Waals surface area contributed by atoms with E-state index in [9.17, 15) is 14.4 Å². The van der Waals surface area contributed by atoms with Gasteiger partial charge in [-0.3, -0.25) is 9.48 Å². The van der Waals surface area contributed by atoms with Crippen molar-refractivity contribution in [1.82, 2.24) is 24.6 Å². The lowest BCUT2D eigenvalue weighted by Gasteiger charge is -2.11. The minimum atomic E-state index is -0.327. The van der Waals surface area contributed by atoms with Crippen LogP contribution in [0.2, 0.25) is 0 Å². The van der Waals surface area contributed by atoms with E-state index in [0.29, 0.717) is 41.1 Å². The molecule has 0 fully saturated rings. The Morgan fingerprint density at radius 1 is 1.15 bits per heavy atom. The van der Waals surface area contributed by atoms with Crippen LogP contribution in [0.5, 0.6) is 0 Å². The Kier molecular flexibility index (Phi) is 7.25. The Labute approximate surface area is 224 Å². The molecule has 9 nitrogen and oxygen atoms in total. The zero-order chi connectivity index (χ0) is 27.4. The van der Waals surface area contributed by atoms with Gasteiger partial charge >= 0.3 is 0 Å². The van der Waals surface area contributed by atoms with Crippen molar-refractivity contribution >= 4 is 44.9 Å². The molecule has 0 saturated carbocycles. The number of amides is 1. The number of hydrogen-bond acceptors (Lipinski definition) is 7. The molecule has 0 saturated heterocycles. The predicted octanol–water partition coefficient (Wildman–Crippen LogP) is 4.84. The minimum absolute atomic E-state index is 0.279. The first-order chi connectivity index (χ1) is 18.9. The molecule has 3 aromatic carbocycles. The zero-order valence-corrected chi connectivity index (χ0v) is 21.4. The Bertz CT molecular complexity index is 1750. The second-order valence-corrected chi connectivity index (χ2v) is 9.23. The summed E-state index contributed by atoms with van der Waals surface area (Å²) in [5.41, 5.74) is 3.75. The van der Waals surface area contributed by atoms with Crippen molar-refractivity contribution in [3.05, 3.63) is 96.2 Å². The van der Waals surface area contributed by atoms with E-state index in [0.717, 1.165) is 22.2 Å². The molecule has 194 valence electrons. The van der Waals surface area contributed by atoms with Crippen molar-refractivity contribution < 1.29 is 9.18 Å². The van der Waals surface area contributed by atoms with E-state index in [2.05, 4.69) is 31.8 Å². The monoisotopic (exact) mass is 520 g/mol. The van der Waals surface area contributed by atoms with Crippen LogP contribution in [0.25, 0.3) is 21.8 Å². The number of carbonyl (C=O) groups excluding carboxylic acids is 1. The maximum Gasteiger partial charge on any atom is 0.248 e. The lowest BCUT2D eigenvalue weighted by atomic mass is 10.1. The van der Waals surface area contributed by atoms with E-state index in [1.165, 1.54) is 24.5 Å². The first kappa shape index (κ1) is 25.5. The highest BCUT2D eigenvalue weighted by atomic mass is 19.1. The zero-order valence-electron chi connectivity index (χ0n) is 21.4. The van der Waals surface area contributed by atoms with Gasteiger partial charge in [-0.15, -0.1) is 0 Å². The van der Waals surface area contributed by atoms with Gasteiger partial charge in [-0.2, -0.15) is 10.4 Å². The van der Waals surface area contributed by atoms with Crippen LogP contribution >= 0.6 is 0 Å². The maximum absolute atomic E-state index is 13.6. The van der Waals surface area contributed by atoms with Crippen LogP contribution in [0.4, 0.5) is 21.6 Å². The number of carbonyl (C=O) groups is 1. The van der Waals surface area contributed by atoms with E-state index < -0.39 is 0 Å². The van der Waals surface area contributed by atoms with Gasteiger partial charge in [0.15, 0.2) is 0 Å². The number of anilines is 3. The Balaban J connectivity index is 1.39. The Morgan fingerprint density at radius 3 is 2.82 bits per heavy atom. The number of nitrogens with zero attached hydrogens (tertiary/aromatic N) is 6. The lowest BCUT2D eigenvalue weighted by molar-refractivity contribution is -0.111. The summed E-state index contributed by atoms with van der Waals surface area (Å²) in [5, 5.41) is 21.8. The number of rotatable bonds is 8. The van der Waals surface area contributed by atoms with Gasteiger partial charge in [-0.05, 0) is 62.1 Å². The molecule has 2 heterocycles. The van der Waals surface area contributed by atoms with Crippen LogP contribution in [-0.4, -0.2) is 51.2 Å². The SMILES string of the molecule is CN(C)C/C=C/C(=O)Nc1cc2ncnc(Nc3ccc4c(cnn4Cc4cccc(F)c4)c3)c2cc1C#N. The van der Waals surface area contributed by atoms with Gasteiger partial charge in [0.25, 0.3) is 0 Å². The fraction of sp³-hybridized carbons (Fsp3) is 0.138. The molecular formula is C29H25FN8O. The van der Waals surface area contributed by atoms with E-state index in [4.69, 9.17) is 0 Å². The maximum atomic E-state index is 13.6. The van der Waals surface area contributed by atoms with E-state index in [-0.39, 0.29) is 11.7 Å². The molecule has 0 radical (unpaired) electrons. The smallest absolute Gasteiger partial charge is 0.248 e. The summed E-state index contributed by atoms with van der Waals surface area (Å²) in [6.45, 7) is 1.07. The van der Waals surface area contributed by atoms with Crippen molar-refractivity contribution in [3.8, 4) is 6.07 Å². The molecule has 0 bridgehead atoms. The second kappa shape index (κ2) is 11.1. The van der Waals surface area contributed by atoms with E-state index >= 15 is 0 Å². The van der Waals surface area contributed by atoms with Crippen LogP contribution in [0, 0.1) is 17.1 Å². The standard InChI is InChI=1S/C29H25FN8O/c1-37(2)10-4-7-28(39)36-25-14-26-24(13-20(25)15-31)29(33-18-32-26)35-23-8-9-27-21(12-23)16-34-38(27)17-19-5-3-6-22(30)11-19/h3-9,11-14,16,18H,10,17H2,1-2H3,(H,36,39)(H,32,33,35)/b7-4+. The molecule has 5 aromatic rings. The highest BCUT2D eigenvalue weighted by molar-refractivity contribution is 6.03. The third kappa shape index (κ3) is 5.89. The molecule has 10 heteroatoms. The van der Waals surface area contributed by atoms with Crippen molar-refractivity contribution in [2.24, 2.45) is 0 Å². The average molecular weight is 521 g/mol. The predicted molar refractivity (Wildman–Crippen MR) is 149 cm³/mol. The number of aromatic nitrogens is 4. The van der Waals surface area contributed by atoms with Crippen molar-refractivity contribution in [2.45, 2.75) is 6.54 Å². The van der Waals surface area contributed by atoms with Crippen molar-refractivity contribution in [2.75, 3.05) is 31.3 Å². The summed E-state index contributed by atoms with van der Waals surface area (Å²) in [7, 11) is 3.82. The van der Waals surface area contributed by atoms with Crippen molar-refractivity contribution in [1.29, 1.82) is 5.26 Å². The summed E-state index contributed by atoms with van der Waals surface area (Å²) in [6, 6.07) is 17.7.